The number of nitriles is 1. The van der Waals surface area contributed by atoms with Gasteiger partial charge in [-0.2, -0.15) is 5.26 Å². The third-order valence-electron chi connectivity index (χ3n) is 2.85. The average Bonchev–Trinajstić information content (AvgIpc) is 2.47. The van der Waals surface area contributed by atoms with Crippen LogP contribution < -0.4 is 10.5 Å². The summed E-state index contributed by atoms with van der Waals surface area (Å²) in [5, 5.41) is 8.78. The molecule has 0 bridgehead atoms. The molecule has 0 atom stereocenters. The zero-order valence-electron chi connectivity index (χ0n) is 11.1. The lowest BCUT2D eigenvalue weighted by molar-refractivity contribution is 0.295. The van der Waals surface area contributed by atoms with Crippen molar-refractivity contribution in [3.8, 4) is 11.8 Å². The fraction of sp³-hybridized carbons (Fsp3) is 0.200. The van der Waals surface area contributed by atoms with Crippen molar-refractivity contribution < 1.29 is 9.13 Å². The maximum Gasteiger partial charge on any atom is 0.147 e. The van der Waals surface area contributed by atoms with Crippen LogP contribution in [0.5, 0.6) is 5.75 Å². The van der Waals surface area contributed by atoms with E-state index in [4.69, 9.17) is 15.7 Å². The monoisotopic (exact) mass is 271 g/mol. The van der Waals surface area contributed by atoms with E-state index in [1.54, 1.807) is 30.3 Å². The third kappa shape index (κ3) is 2.92. The lowest BCUT2D eigenvalue weighted by Crippen LogP contribution is -2.07. The van der Waals surface area contributed by atoms with Crippen molar-refractivity contribution >= 4 is 0 Å². The van der Waals surface area contributed by atoms with Crippen molar-refractivity contribution in [1.82, 2.24) is 4.98 Å². The van der Waals surface area contributed by atoms with Crippen LogP contribution in [-0.2, 0) is 13.2 Å². The van der Waals surface area contributed by atoms with E-state index in [9.17, 15) is 4.39 Å². The quantitative estimate of drug-likeness (QED) is 0.927. The number of nitrogens with two attached hydrogens (primary N) is 1. The van der Waals surface area contributed by atoms with Crippen LogP contribution in [0.15, 0.2) is 30.3 Å². The van der Waals surface area contributed by atoms with Crippen LogP contribution in [0, 0.1) is 24.1 Å². The Morgan fingerprint density at radius 1 is 1.35 bits per heavy atom. The number of pyridine rings is 1. The van der Waals surface area contributed by atoms with E-state index in [1.165, 1.54) is 6.07 Å². The molecule has 0 amide bonds. The summed E-state index contributed by atoms with van der Waals surface area (Å²) in [6, 6.07) is 10.00. The second kappa shape index (κ2) is 6.13. The van der Waals surface area contributed by atoms with Crippen molar-refractivity contribution in [3.63, 3.8) is 0 Å². The van der Waals surface area contributed by atoms with E-state index in [-0.39, 0.29) is 18.7 Å². The standard InChI is InChI=1S/C15H14FN3O/c1-10-5-6-14(13(8-18)19-10)20-9-12-4-2-3-11(7-17)15(12)16/h2-6H,8-9,18H2,1H3. The topological polar surface area (TPSA) is 71.9 Å². The van der Waals surface area contributed by atoms with Gasteiger partial charge in [0.15, 0.2) is 0 Å². The second-order valence-corrected chi connectivity index (χ2v) is 4.28. The highest BCUT2D eigenvalue weighted by atomic mass is 19.1. The number of aryl methyl sites for hydroxylation is 1. The number of benzene rings is 1. The fourth-order valence-electron chi connectivity index (χ4n) is 1.81. The maximum atomic E-state index is 13.9. The summed E-state index contributed by atoms with van der Waals surface area (Å²) in [5.41, 5.74) is 7.41. The van der Waals surface area contributed by atoms with E-state index < -0.39 is 5.82 Å². The van der Waals surface area contributed by atoms with Gasteiger partial charge in [0.1, 0.15) is 24.2 Å². The van der Waals surface area contributed by atoms with Crippen LogP contribution >= 0.6 is 0 Å². The van der Waals surface area contributed by atoms with E-state index in [0.29, 0.717) is 17.0 Å². The summed E-state index contributed by atoms with van der Waals surface area (Å²) < 4.78 is 19.4. The number of aromatic nitrogens is 1. The second-order valence-electron chi connectivity index (χ2n) is 4.28. The van der Waals surface area contributed by atoms with Gasteiger partial charge in [0.25, 0.3) is 0 Å². The zero-order valence-corrected chi connectivity index (χ0v) is 11.1. The van der Waals surface area contributed by atoms with Crippen LogP contribution in [-0.4, -0.2) is 4.98 Å². The highest BCUT2D eigenvalue weighted by molar-refractivity contribution is 5.35. The average molecular weight is 271 g/mol. The summed E-state index contributed by atoms with van der Waals surface area (Å²) in [5.74, 6) is -0.0239. The Kier molecular flexibility index (Phi) is 4.28. The number of rotatable bonds is 4. The van der Waals surface area contributed by atoms with Crippen LogP contribution in [0.25, 0.3) is 0 Å². The SMILES string of the molecule is Cc1ccc(OCc2cccc(C#N)c2F)c(CN)n1. The van der Waals surface area contributed by atoms with Crippen molar-refractivity contribution in [2.24, 2.45) is 5.73 Å². The van der Waals surface area contributed by atoms with Gasteiger partial charge in [0.2, 0.25) is 0 Å². The molecule has 0 saturated heterocycles. The minimum absolute atomic E-state index is 0.00665. The molecule has 20 heavy (non-hydrogen) atoms. The van der Waals surface area contributed by atoms with Crippen molar-refractivity contribution in [2.45, 2.75) is 20.1 Å². The summed E-state index contributed by atoms with van der Waals surface area (Å²) >= 11 is 0. The summed E-state index contributed by atoms with van der Waals surface area (Å²) in [6.45, 7) is 2.13. The summed E-state index contributed by atoms with van der Waals surface area (Å²) in [4.78, 5) is 4.26. The van der Waals surface area contributed by atoms with Gasteiger partial charge < -0.3 is 10.5 Å². The smallest absolute Gasteiger partial charge is 0.147 e. The number of hydrogen-bond donors (Lipinski definition) is 1. The van der Waals surface area contributed by atoms with Gasteiger partial charge in [-0.15, -0.1) is 0 Å². The Morgan fingerprint density at radius 3 is 2.85 bits per heavy atom. The van der Waals surface area contributed by atoms with Crippen molar-refractivity contribution in [2.75, 3.05) is 0 Å². The van der Waals surface area contributed by atoms with Crippen molar-refractivity contribution in [1.29, 1.82) is 5.26 Å². The molecule has 0 spiro atoms. The summed E-state index contributed by atoms with van der Waals surface area (Å²) in [6.07, 6.45) is 0. The van der Waals surface area contributed by atoms with Crippen LogP contribution in [0.4, 0.5) is 4.39 Å². The lowest BCUT2D eigenvalue weighted by Gasteiger charge is -2.11. The molecule has 2 N–H and O–H groups in total. The normalized spacial score (nSPS) is 10.1. The maximum absolute atomic E-state index is 13.9. The molecule has 2 aromatic rings. The molecule has 4 nitrogen and oxygen atoms in total. The first-order valence-electron chi connectivity index (χ1n) is 6.12. The largest absolute Gasteiger partial charge is 0.487 e. The molecule has 1 aromatic heterocycles. The first-order chi connectivity index (χ1) is 9.65. The molecule has 0 aliphatic carbocycles. The van der Waals surface area contributed by atoms with Crippen molar-refractivity contribution in [3.05, 3.63) is 58.7 Å². The predicted molar refractivity (Wildman–Crippen MR) is 72.3 cm³/mol. The predicted octanol–water partition coefficient (Wildman–Crippen LogP) is 2.44. The first-order valence-corrected chi connectivity index (χ1v) is 6.12. The Hall–Kier alpha value is -2.45. The molecule has 0 fully saturated rings. The Bertz CT molecular complexity index is 665. The van der Waals surface area contributed by atoms with E-state index in [1.807, 2.05) is 6.92 Å². The Labute approximate surface area is 116 Å². The molecule has 1 aromatic carbocycles. The highest BCUT2D eigenvalue weighted by Gasteiger charge is 2.10. The number of halogens is 1. The molecule has 5 heteroatoms. The fourth-order valence-corrected chi connectivity index (χ4v) is 1.81. The van der Waals surface area contributed by atoms with Gasteiger partial charge in [0, 0.05) is 17.8 Å². The molecule has 0 aliphatic heterocycles. The van der Waals surface area contributed by atoms with E-state index in [2.05, 4.69) is 4.98 Å². The Morgan fingerprint density at radius 2 is 2.15 bits per heavy atom. The third-order valence-corrected chi connectivity index (χ3v) is 2.85. The molecule has 0 unspecified atom stereocenters. The van der Waals surface area contributed by atoms with Gasteiger partial charge in [-0.05, 0) is 25.1 Å². The molecule has 2 rings (SSSR count). The Balaban J connectivity index is 2.19. The number of nitrogens with zero attached hydrogens (tertiary/aromatic N) is 2. The van der Waals surface area contributed by atoms with E-state index in [0.717, 1.165) is 5.69 Å². The molecular formula is C15H14FN3O. The number of ether oxygens (including phenoxy) is 1. The zero-order chi connectivity index (χ0) is 14.5. The van der Waals surface area contributed by atoms with Gasteiger partial charge >= 0.3 is 0 Å². The van der Waals surface area contributed by atoms with Gasteiger partial charge in [0.05, 0.1) is 11.3 Å². The molecule has 102 valence electrons. The van der Waals surface area contributed by atoms with Gasteiger partial charge in [-0.1, -0.05) is 12.1 Å². The first kappa shape index (κ1) is 14.0. The minimum atomic E-state index is -0.552. The molecule has 1 heterocycles. The van der Waals surface area contributed by atoms with Crippen LogP contribution in [0.3, 0.4) is 0 Å². The highest BCUT2D eigenvalue weighted by Crippen LogP contribution is 2.19. The van der Waals surface area contributed by atoms with Gasteiger partial charge in [-0.25, -0.2) is 4.39 Å². The minimum Gasteiger partial charge on any atom is -0.487 e. The molecule has 0 saturated carbocycles. The molecule has 0 aliphatic rings. The van der Waals surface area contributed by atoms with Crippen LogP contribution in [0.1, 0.15) is 22.5 Å². The van der Waals surface area contributed by atoms with E-state index >= 15 is 0 Å². The molecular weight excluding hydrogens is 257 g/mol. The molecule has 0 radical (unpaired) electrons. The summed E-state index contributed by atoms with van der Waals surface area (Å²) in [7, 11) is 0. The number of hydrogen-bond acceptors (Lipinski definition) is 4. The van der Waals surface area contributed by atoms with Crippen LogP contribution in [0.2, 0.25) is 0 Å². The van der Waals surface area contributed by atoms with Gasteiger partial charge in [-0.3, -0.25) is 4.98 Å². The lowest BCUT2D eigenvalue weighted by atomic mass is 10.1.